The molecule has 1 aliphatic carbocycles. The third-order valence-corrected chi connectivity index (χ3v) is 4.38. The number of rotatable bonds is 3. The van der Waals surface area contributed by atoms with E-state index in [0.29, 0.717) is 5.88 Å². The first-order chi connectivity index (χ1) is 8.36. The van der Waals surface area contributed by atoms with Gasteiger partial charge in [0.2, 0.25) is 0 Å². The third-order valence-electron chi connectivity index (χ3n) is 3.25. The van der Waals surface area contributed by atoms with E-state index >= 15 is 0 Å². The molecular formula is C14H14ClNS. The van der Waals surface area contributed by atoms with Crippen molar-refractivity contribution in [3.8, 4) is 10.6 Å². The molecule has 1 heterocycles. The molecule has 0 bridgehead atoms. The molecule has 0 amide bonds. The molecule has 88 valence electrons. The highest BCUT2D eigenvalue weighted by Gasteiger charge is 2.12. The smallest absolute Gasteiger partial charge is 0.123 e. The molecule has 2 aromatic rings. The van der Waals surface area contributed by atoms with Gasteiger partial charge in [0.1, 0.15) is 5.01 Å². The summed E-state index contributed by atoms with van der Waals surface area (Å²) in [5.74, 6) is 0.646. The molecule has 0 fully saturated rings. The standard InChI is InChI=1S/C14H14ClNS/c15-7-6-13-9-17-14(16-13)12-5-4-10-2-1-3-11(10)8-12/h4-5,8-9H,1-3,6-7H2. The first kappa shape index (κ1) is 11.2. The number of hydrogen-bond acceptors (Lipinski definition) is 2. The topological polar surface area (TPSA) is 12.9 Å². The van der Waals surface area contributed by atoms with Gasteiger partial charge in [-0.05, 0) is 36.5 Å². The van der Waals surface area contributed by atoms with Crippen LogP contribution in [0.1, 0.15) is 23.2 Å². The fourth-order valence-corrected chi connectivity index (χ4v) is 3.40. The summed E-state index contributed by atoms with van der Waals surface area (Å²) in [6, 6.07) is 6.78. The maximum atomic E-state index is 5.73. The minimum absolute atomic E-state index is 0.646. The predicted molar refractivity (Wildman–Crippen MR) is 74.0 cm³/mol. The van der Waals surface area contributed by atoms with Crippen LogP contribution in [0.2, 0.25) is 0 Å². The summed E-state index contributed by atoms with van der Waals surface area (Å²) in [5.41, 5.74) is 5.40. The number of thiazole rings is 1. The monoisotopic (exact) mass is 263 g/mol. The summed E-state index contributed by atoms with van der Waals surface area (Å²) in [6.07, 6.45) is 4.63. The van der Waals surface area contributed by atoms with Gasteiger partial charge in [-0.2, -0.15) is 0 Å². The number of fused-ring (bicyclic) bond motifs is 1. The Balaban J connectivity index is 1.92. The van der Waals surface area contributed by atoms with Gasteiger partial charge in [0, 0.05) is 23.2 Å². The van der Waals surface area contributed by atoms with Crippen molar-refractivity contribution in [3.63, 3.8) is 0 Å². The maximum absolute atomic E-state index is 5.73. The van der Waals surface area contributed by atoms with E-state index in [1.165, 1.54) is 36.0 Å². The van der Waals surface area contributed by atoms with E-state index in [1.807, 2.05) is 0 Å². The molecule has 0 radical (unpaired) electrons. The van der Waals surface area contributed by atoms with Crippen molar-refractivity contribution in [1.82, 2.24) is 4.98 Å². The first-order valence-electron chi connectivity index (χ1n) is 5.99. The van der Waals surface area contributed by atoms with Gasteiger partial charge in [0.15, 0.2) is 0 Å². The Morgan fingerprint density at radius 2 is 2.12 bits per heavy atom. The summed E-state index contributed by atoms with van der Waals surface area (Å²) in [4.78, 5) is 4.63. The van der Waals surface area contributed by atoms with Crippen LogP contribution in [0.25, 0.3) is 10.6 Å². The zero-order chi connectivity index (χ0) is 11.7. The molecule has 0 saturated heterocycles. The second-order valence-electron chi connectivity index (χ2n) is 4.42. The summed E-state index contributed by atoms with van der Waals surface area (Å²) in [6.45, 7) is 0. The van der Waals surface area contributed by atoms with Crippen molar-refractivity contribution < 1.29 is 0 Å². The van der Waals surface area contributed by atoms with E-state index in [-0.39, 0.29) is 0 Å². The number of aryl methyl sites for hydroxylation is 3. The summed E-state index contributed by atoms with van der Waals surface area (Å²) in [7, 11) is 0. The maximum Gasteiger partial charge on any atom is 0.123 e. The van der Waals surface area contributed by atoms with Gasteiger partial charge >= 0.3 is 0 Å². The Morgan fingerprint density at radius 1 is 1.24 bits per heavy atom. The van der Waals surface area contributed by atoms with Gasteiger partial charge in [0.25, 0.3) is 0 Å². The Kier molecular flexibility index (Phi) is 3.17. The van der Waals surface area contributed by atoms with Crippen molar-refractivity contribution in [2.24, 2.45) is 0 Å². The number of hydrogen-bond donors (Lipinski definition) is 0. The van der Waals surface area contributed by atoms with E-state index in [1.54, 1.807) is 11.3 Å². The number of alkyl halides is 1. The van der Waals surface area contributed by atoms with Gasteiger partial charge in [-0.15, -0.1) is 22.9 Å². The minimum Gasteiger partial charge on any atom is -0.241 e. The van der Waals surface area contributed by atoms with Crippen molar-refractivity contribution in [2.45, 2.75) is 25.7 Å². The van der Waals surface area contributed by atoms with Gasteiger partial charge in [-0.3, -0.25) is 0 Å². The molecule has 0 atom stereocenters. The van der Waals surface area contributed by atoms with Gasteiger partial charge < -0.3 is 0 Å². The van der Waals surface area contributed by atoms with Crippen LogP contribution >= 0.6 is 22.9 Å². The molecule has 3 rings (SSSR count). The van der Waals surface area contributed by atoms with Gasteiger partial charge in [-0.25, -0.2) is 4.98 Å². The molecule has 1 aromatic carbocycles. The molecular weight excluding hydrogens is 250 g/mol. The van der Waals surface area contributed by atoms with E-state index < -0.39 is 0 Å². The zero-order valence-corrected chi connectivity index (χ0v) is 11.2. The Hall–Kier alpha value is -0.860. The Labute approximate surface area is 110 Å². The molecule has 17 heavy (non-hydrogen) atoms. The highest BCUT2D eigenvalue weighted by atomic mass is 35.5. The quantitative estimate of drug-likeness (QED) is 0.761. The molecule has 1 nitrogen and oxygen atoms in total. The number of benzene rings is 1. The van der Waals surface area contributed by atoms with Crippen LogP contribution in [-0.4, -0.2) is 10.9 Å². The van der Waals surface area contributed by atoms with Crippen LogP contribution in [0.5, 0.6) is 0 Å². The fraction of sp³-hybridized carbons (Fsp3) is 0.357. The summed E-state index contributed by atoms with van der Waals surface area (Å²) in [5, 5.41) is 3.24. The van der Waals surface area contributed by atoms with Crippen molar-refractivity contribution in [2.75, 3.05) is 5.88 Å². The molecule has 3 heteroatoms. The van der Waals surface area contributed by atoms with E-state index in [4.69, 9.17) is 11.6 Å². The lowest BCUT2D eigenvalue weighted by atomic mass is 10.1. The highest BCUT2D eigenvalue weighted by molar-refractivity contribution is 7.13. The predicted octanol–water partition coefficient (Wildman–Crippen LogP) is 4.08. The van der Waals surface area contributed by atoms with E-state index in [2.05, 4.69) is 28.6 Å². The van der Waals surface area contributed by atoms with Crippen LogP contribution < -0.4 is 0 Å². The van der Waals surface area contributed by atoms with E-state index in [9.17, 15) is 0 Å². The lowest BCUT2D eigenvalue weighted by Gasteiger charge is -2.01. The van der Waals surface area contributed by atoms with Crippen molar-refractivity contribution >= 4 is 22.9 Å². The van der Waals surface area contributed by atoms with Crippen LogP contribution in [0.4, 0.5) is 0 Å². The SMILES string of the molecule is ClCCc1csc(-c2ccc3c(c2)CCC3)n1. The molecule has 0 saturated carbocycles. The molecule has 0 aliphatic heterocycles. The van der Waals surface area contributed by atoms with Crippen LogP contribution in [0, 0.1) is 0 Å². The van der Waals surface area contributed by atoms with Crippen LogP contribution in [-0.2, 0) is 19.3 Å². The number of aromatic nitrogens is 1. The van der Waals surface area contributed by atoms with Crippen LogP contribution in [0.3, 0.4) is 0 Å². The molecule has 1 aliphatic rings. The second kappa shape index (κ2) is 4.79. The Morgan fingerprint density at radius 3 is 3.00 bits per heavy atom. The average Bonchev–Trinajstić information content (AvgIpc) is 2.96. The normalized spacial score (nSPS) is 13.9. The fourth-order valence-electron chi connectivity index (χ4n) is 2.36. The number of nitrogens with zero attached hydrogens (tertiary/aromatic N) is 1. The second-order valence-corrected chi connectivity index (χ2v) is 5.66. The largest absolute Gasteiger partial charge is 0.241 e. The Bertz CT molecular complexity index is 533. The van der Waals surface area contributed by atoms with Gasteiger partial charge in [0.05, 0.1) is 5.69 Å². The first-order valence-corrected chi connectivity index (χ1v) is 7.41. The summed E-state index contributed by atoms with van der Waals surface area (Å²) >= 11 is 7.45. The molecule has 1 aromatic heterocycles. The molecule has 0 unspecified atom stereocenters. The van der Waals surface area contributed by atoms with E-state index in [0.717, 1.165) is 17.1 Å². The minimum atomic E-state index is 0.646. The highest BCUT2D eigenvalue weighted by Crippen LogP contribution is 2.29. The van der Waals surface area contributed by atoms with Crippen molar-refractivity contribution in [3.05, 3.63) is 40.4 Å². The molecule has 0 spiro atoms. The lowest BCUT2D eigenvalue weighted by molar-refractivity contribution is 0.912. The van der Waals surface area contributed by atoms with Crippen LogP contribution in [0.15, 0.2) is 23.6 Å². The lowest BCUT2D eigenvalue weighted by Crippen LogP contribution is -1.87. The average molecular weight is 264 g/mol. The summed E-state index contributed by atoms with van der Waals surface area (Å²) < 4.78 is 0. The number of halogens is 1. The van der Waals surface area contributed by atoms with Crippen molar-refractivity contribution in [1.29, 1.82) is 0 Å². The van der Waals surface area contributed by atoms with Gasteiger partial charge in [-0.1, -0.05) is 12.1 Å². The third kappa shape index (κ3) is 2.24. The molecule has 0 N–H and O–H groups in total. The zero-order valence-electron chi connectivity index (χ0n) is 9.58.